The minimum Gasteiger partial charge on any atom is -0.462 e. The second-order valence-corrected chi connectivity index (χ2v) is 8.66. The van der Waals surface area contributed by atoms with Crippen molar-refractivity contribution in [3.05, 3.63) is 0 Å². The summed E-state index contributed by atoms with van der Waals surface area (Å²) in [5.74, 6) is 0.766. The SMILES string of the molecule is COC(CNC[C@@H]1C(=O)O[C@@H]2C[C@@]3(C)CCC[C@@]4(CO4)[C@@H]3C[C@H]12)OC. The second-order valence-electron chi connectivity index (χ2n) is 8.66. The molecule has 25 heavy (non-hydrogen) atoms. The van der Waals surface area contributed by atoms with Crippen molar-refractivity contribution in [3.8, 4) is 0 Å². The molecule has 1 N–H and O–H groups in total. The number of methoxy groups -OCH3 is 2. The van der Waals surface area contributed by atoms with Gasteiger partial charge in [0.05, 0.1) is 18.1 Å². The van der Waals surface area contributed by atoms with E-state index in [0.29, 0.717) is 24.9 Å². The van der Waals surface area contributed by atoms with Crippen molar-refractivity contribution in [1.29, 1.82) is 0 Å². The van der Waals surface area contributed by atoms with Crippen molar-refractivity contribution in [2.75, 3.05) is 33.9 Å². The van der Waals surface area contributed by atoms with E-state index in [1.807, 2.05) is 0 Å². The number of hydrogen-bond donors (Lipinski definition) is 1. The van der Waals surface area contributed by atoms with Crippen molar-refractivity contribution in [2.24, 2.45) is 23.2 Å². The number of carbonyl (C=O) groups excluding carboxylic acids is 1. The highest BCUT2D eigenvalue weighted by Crippen LogP contribution is 2.62. The van der Waals surface area contributed by atoms with Gasteiger partial charge in [0.2, 0.25) is 0 Å². The summed E-state index contributed by atoms with van der Waals surface area (Å²) in [6.45, 7) is 4.49. The van der Waals surface area contributed by atoms with Crippen LogP contribution in [-0.2, 0) is 23.7 Å². The van der Waals surface area contributed by atoms with Crippen molar-refractivity contribution in [2.45, 2.75) is 57.0 Å². The van der Waals surface area contributed by atoms with Crippen LogP contribution in [0.5, 0.6) is 0 Å². The number of nitrogens with one attached hydrogen (secondary N) is 1. The van der Waals surface area contributed by atoms with Gasteiger partial charge in [0.15, 0.2) is 6.29 Å². The highest BCUT2D eigenvalue weighted by molar-refractivity contribution is 5.75. The molecule has 0 radical (unpaired) electrons. The Hall–Kier alpha value is -0.690. The average molecular weight is 353 g/mol. The van der Waals surface area contributed by atoms with Gasteiger partial charge in [-0.2, -0.15) is 0 Å². The zero-order valence-corrected chi connectivity index (χ0v) is 15.6. The molecule has 0 aromatic rings. The number of rotatable bonds is 6. The lowest BCUT2D eigenvalue weighted by molar-refractivity contribution is -0.147. The Morgan fingerprint density at radius 1 is 1.32 bits per heavy atom. The largest absolute Gasteiger partial charge is 0.462 e. The molecule has 2 saturated carbocycles. The average Bonchev–Trinajstić information content (AvgIpc) is 3.28. The third-order valence-corrected chi connectivity index (χ3v) is 7.28. The first-order chi connectivity index (χ1) is 12.0. The summed E-state index contributed by atoms with van der Waals surface area (Å²) in [7, 11) is 3.24. The molecule has 0 aromatic heterocycles. The number of hydrogen-bond acceptors (Lipinski definition) is 6. The Balaban J connectivity index is 1.43. The molecule has 4 aliphatic rings. The molecule has 4 rings (SSSR count). The number of fused-ring (bicyclic) bond motifs is 3. The predicted molar refractivity (Wildman–Crippen MR) is 90.9 cm³/mol. The van der Waals surface area contributed by atoms with Crippen molar-refractivity contribution in [1.82, 2.24) is 5.32 Å². The summed E-state index contributed by atoms with van der Waals surface area (Å²) in [5, 5.41) is 3.33. The Morgan fingerprint density at radius 2 is 2.08 bits per heavy atom. The topological polar surface area (TPSA) is 69.3 Å². The number of epoxide rings is 1. The van der Waals surface area contributed by atoms with E-state index in [1.165, 1.54) is 19.3 Å². The molecule has 6 nitrogen and oxygen atoms in total. The molecular weight excluding hydrogens is 322 g/mol. The minimum absolute atomic E-state index is 0.0399. The Kier molecular flexibility index (Phi) is 4.59. The van der Waals surface area contributed by atoms with Gasteiger partial charge in [-0.15, -0.1) is 0 Å². The molecule has 2 saturated heterocycles. The van der Waals surface area contributed by atoms with Crippen LogP contribution in [0, 0.1) is 23.2 Å². The van der Waals surface area contributed by atoms with E-state index < -0.39 is 0 Å². The fraction of sp³-hybridized carbons (Fsp3) is 0.947. The molecular formula is C19H31NO5. The molecule has 0 unspecified atom stereocenters. The van der Waals surface area contributed by atoms with E-state index in [-0.39, 0.29) is 35.3 Å². The fourth-order valence-corrected chi connectivity index (χ4v) is 5.81. The number of esters is 1. The summed E-state index contributed by atoms with van der Waals surface area (Å²) in [5.41, 5.74) is 0.370. The van der Waals surface area contributed by atoms with Gasteiger partial charge < -0.3 is 24.3 Å². The molecule has 4 fully saturated rings. The molecule has 6 atom stereocenters. The number of carbonyl (C=O) groups is 1. The maximum atomic E-state index is 12.5. The van der Waals surface area contributed by atoms with Crippen LogP contribution < -0.4 is 5.32 Å². The molecule has 0 aromatic carbocycles. The molecule has 1 spiro atoms. The Morgan fingerprint density at radius 3 is 2.76 bits per heavy atom. The lowest BCUT2D eigenvalue weighted by Gasteiger charge is -2.51. The van der Waals surface area contributed by atoms with Crippen LogP contribution in [0.1, 0.15) is 39.0 Å². The van der Waals surface area contributed by atoms with Crippen molar-refractivity contribution < 1.29 is 23.7 Å². The third kappa shape index (κ3) is 3.01. The highest BCUT2D eigenvalue weighted by Gasteiger charge is 2.64. The van der Waals surface area contributed by atoms with Crippen LogP contribution in [0.4, 0.5) is 0 Å². The van der Waals surface area contributed by atoms with Gasteiger partial charge in [0.25, 0.3) is 0 Å². The molecule has 2 aliphatic heterocycles. The van der Waals surface area contributed by atoms with Crippen LogP contribution >= 0.6 is 0 Å². The zero-order chi connectivity index (χ0) is 17.7. The second kappa shape index (κ2) is 6.48. The van der Waals surface area contributed by atoms with Crippen molar-refractivity contribution >= 4 is 5.97 Å². The van der Waals surface area contributed by atoms with Gasteiger partial charge >= 0.3 is 5.97 Å². The van der Waals surface area contributed by atoms with Crippen LogP contribution in [0.15, 0.2) is 0 Å². The first kappa shape index (κ1) is 17.7. The summed E-state index contributed by atoms with van der Waals surface area (Å²) in [6, 6.07) is 0. The molecule has 0 amide bonds. The summed E-state index contributed by atoms with van der Waals surface area (Å²) in [4.78, 5) is 12.5. The summed E-state index contributed by atoms with van der Waals surface area (Å²) < 4.78 is 22.2. The van der Waals surface area contributed by atoms with Gasteiger partial charge in [-0.1, -0.05) is 6.92 Å². The van der Waals surface area contributed by atoms with Crippen molar-refractivity contribution in [3.63, 3.8) is 0 Å². The molecule has 2 heterocycles. The first-order valence-corrected chi connectivity index (χ1v) is 9.62. The van der Waals surface area contributed by atoms with E-state index in [9.17, 15) is 4.79 Å². The maximum absolute atomic E-state index is 12.5. The standard InChI is InChI=1S/C19H31NO5/c1-18-5-4-6-19(11-24-19)15(18)7-12-13(17(21)25-14(12)8-18)9-20-10-16(22-2)23-3/h12-16,20H,4-11H2,1-3H3/t12-,13+,14-,15-,18-,19-/m1/s1. The quantitative estimate of drug-likeness (QED) is 0.445. The van der Waals surface area contributed by atoms with Gasteiger partial charge in [0.1, 0.15) is 6.10 Å². The van der Waals surface area contributed by atoms with Crippen LogP contribution in [0.25, 0.3) is 0 Å². The number of ether oxygens (including phenoxy) is 4. The fourth-order valence-electron chi connectivity index (χ4n) is 5.81. The molecule has 142 valence electrons. The van der Waals surface area contributed by atoms with E-state index >= 15 is 0 Å². The van der Waals surface area contributed by atoms with Crippen LogP contribution in [0.3, 0.4) is 0 Å². The summed E-state index contributed by atoms with van der Waals surface area (Å²) >= 11 is 0. The minimum atomic E-state index is -0.288. The van der Waals surface area contributed by atoms with E-state index in [0.717, 1.165) is 19.4 Å². The lowest BCUT2D eigenvalue weighted by atomic mass is 9.53. The maximum Gasteiger partial charge on any atom is 0.310 e. The smallest absolute Gasteiger partial charge is 0.310 e. The van der Waals surface area contributed by atoms with Gasteiger partial charge in [-0.3, -0.25) is 4.79 Å². The van der Waals surface area contributed by atoms with Gasteiger partial charge in [-0.05, 0) is 43.4 Å². The van der Waals surface area contributed by atoms with Crippen LogP contribution in [0.2, 0.25) is 0 Å². The third-order valence-electron chi connectivity index (χ3n) is 7.28. The normalized spacial score (nSPS) is 45.4. The molecule has 6 heteroatoms. The van der Waals surface area contributed by atoms with Gasteiger partial charge in [-0.25, -0.2) is 0 Å². The zero-order valence-electron chi connectivity index (χ0n) is 15.6. The van der Waals surface area contributed by atoms with E-state index in [1.54, 1.807) is 14.2 Å². The predicted octanol–water partition coefficient (Wildman–Crippen LogP) is 1.72. The Labute approximate surface area is 149 Å². The van der Waals surface area contributed by atoms with Crippen LogP contribution in [-0.4, -0.2) is 57.9 Å². The molecule has 0 bridgehead atoms. The monoisotopic (exact) mass is 353 g/mol. The lowest BCUT2D eigenvalue weighted by Crippen LogP contribution is -2.51. The summed E-state index contributed by atoms with van der Waals surface area (Å²) in [6.07, 6.45) is 5.49. The highest BCUT2D eigenvalue weighted by atomic mass is 16.7. The Bertz CT molecular complexity index is 518. The first-order valence-electron chi connectivity index (χ1n) is 9.62. The van der Waals surface area contributed by atoms with Gasteiger partial charge in [0, 0.05) is 33.2 Å². The molecule has 2 aliphatic carbocycles. The van der Waals surface area contributed by atoms with E-state index in [2.05, 4.69) is 12.2 Å². The van der Waals surface area contributed by atoms with E-state index in [4.69, 9.17) is 18.9 Å².